The van der Waals surface area contributed by atoms with Crippen LogP contribution in [0.3, 0.4) is 0 Å². The first kappa shape index (κ1) is 19.8. The van der Waals surface area contributed by atoms with Gasteiger partial charge in [0.2, 0.25) is 0 Å². The molecule has 0 aliphatic carbocycles. The summed E-state index contributed by atoms with van der Waals surface area (Å²) in [5.74, 6) is 0.457. The van der Waals surface area contributed by atoms with Crippen LogP contribution in [0.4, 0.5) is 18.9 Å². The van der Waals surface area contributed by atoms with Crippen LogP contribution in [-0.4, -0.2) is 21.7 Å². The molecule has 0 radical (unpaired) electrons. The molecule has 0 aliphatic heterocycles. The number of nitrogens with zero attached hydrogens (tertiary/aromatic N) is 1. The highest BCUT2D eigenvalue weighted by atomic mass is 32.2. The second-order valence-corrected chi connectivity index (χ2v) is 7.39. The first-order valence-electron chi connectivity index (χ1n) is 7.57. The van der Waals surface area contributed by atoms with Crippen molar-refractivity contribution in [3.05, 3.63) is 65.9 Å². The molecule has 0 amide bonds. The van der Waals surface area contributed by atoms with E-state index in [1.54, 1.807) is 19.1 Å². The summed E-state index contributed by atoms with van der Waals surface area (Å²) in [5, 5.41) is 0. The standard InChI is InChI=1S/C18H18F3NO3S/c1-13-4-10-17(11-5-13)26(23,24)22(14(2)12-18(19,20)21)15-6-8-16(25-3)9-7-15/h4-12H,1-3H3/b14-12-. The van der Waals surface area contributed by atoms with Gasteiger partial charge in [0.25, 0.3) is 10.0 Å². The summed E-state index contributed by atoms with van der Waals surface area (Å²) in [5.41, 5.74) is 0.440. The molecule has 0 aromatic heterocycles. The SMILES string of the molecule is COc1ccc(N(/C(C)=C\C(F)(F)F)S(=O)(=O)c2ccc(C)cc2)cc1. The number of halogens is 3. The van der Waals surface area contributed by atoms with Crippen molar-refractivity contribution in [2.45, 2.75) is 24.9 Å². The van der Waals surface area contributed by atoms with Crippen LogP contribution in [0.2, 0.25) is 0 Å². The molecular weight excluding hydrogens is 367 g/mol. The number of anilines is 1. The lowest BCUT2D eigenvalue weighted by atomic mass is 10.2. The molecule has 0 bridgehead atoms. The lowest BCUT2D eigenvalue weighted by Gasteiger charge is -2.26. The summed E-state index contributed by atoms with van der Waals surface area (Å²) in [4.78, 5) is -0.103. The number of hydrogen-bond acceptors (Lipinski definition) is 3. The van der Waals surface area contributed by atoms with Crippen LogP contribution in [0.5, 0.6) is 5.75 Å². The maximum atomic E-state index is 13.0. The third kappa shape index (κ3) is 4.57. The van der Waals surface area contributed by atoms with Gasteiger partial charge in [-0.2, -0.15) is 13.2 Å². The van der Waals surface area contributed by atoms with E-state index in [4.69, 9.17) is 4.74 Å². The molecular formula is C18H18F3NO3S. The maximum Gasteiger partial charge on any atom is 0.411 e. The van der Waals surface area contributed by atoms with E-state index >= 15 is 0 Å². The summed E-state index contributed by atoms with van der Waals surface area (Å²) < 4.78 is 70.2. The first-order chi connectivity index (χ1) is 12.0. The Balaban J connectivity index is 2.62. The number of aryl methyl sites for hydroxylation is 1. The summed E-state index contributed by atoms with van der Waals surface area (Å²) in [7, 11) is -2.80. The van der Waals surface area contributed by atoms with Crippen molar-refractivity contribution >= 4 is 15.7 Å². The van der Waals surface area contributed by atoms with Gasteiger partial charge in [-0.1, -0.05) is 17.7 Å². The van der Waals surface area contributed by atoms with E-state index in [2.05, 4.69) is 0 Å². The molecule has 8 heteroatoms. The molecule has 0 fully saturated rings. The lowest BCUT2D eigenvalue weighted by molar-refractivity contribution is -0.0805. The van der Waals surface area contributed by atoms with Gasteiger partial charge in [0.05, 0.1) is 17.7 Å². The molecule has 0 N–H and O–H groups in total. The van der Waals surface area contributed by atoms with Crippen molar-refractivity contribution in [1.29, 1.82) is 0 Å². The third-order valence-corrected chi connectivity index (χ3v) is 5.41. The summed E-state index contributed by atoms with van der Waals surface area (Å²) in [6, 6.07) is 11.6. The fourth-order valence-electron chi connectivity index (χ4n) is 2.36. The summed E-state index contributed by atoms with van der Waals surface area (Å²) in [6.07, 6.45) is -4.69. The summed E-state index contributed by atoms with van der Waals surface area (Å²) in [6.45, 7) is 2.88. The van der Waals surface area contributed by atoms with Crippen LogP contribution < -0.4 is 9.04 Å². The van der Waals surface area contributed by atoms with Crippen LogP contribution in [0, 0.1) is 6.92 Å². The number of ether oxygens (including phenoxy) is 1. The Kier molecular flexibility index (Phi) is 5.65. The van der Waals surface area contributed by atoms with Gasteiger partial charge in [-0.15, -0.1) is 0 Å². The normalized spacial score (nSPS) is 12.8. The van der Waals surface area contributed by atoms with Gasteiger partial charge in [0.1, 0.15) is 5.75 Å². The van der Waals surface area contributed by atoms with Crippen LogP contribution in [0.1, 0.15) is 12.5 Å². The highest BCUT2D eigenvalue weighted by molar-refractivity contribution is 7.93. The number of hydrogen-bond donors (Lipinski definition) is 0. The number of benzene rings is 2. The van der Waals surface area contributed by atoms with E-state index in [9.17, 15) is 21.6 Å². The quantitative estimate of drug-likeness (QED) is 0.752. The van der Waals surface area contributed by atoms with Crippen LogP contribution >= 0.6 is 0 Å². The molecule has 0 saturated heterocycles. The van der Waals surface area contributed by atoms with Crippen molar-refractivity contribution in [2.24, 2.45) is 0 Å². The third-order valence-electron chi connectivity index (χ3n) is 3.56. The van der Waals surface area contributed by atoms with E-state index in [1.165, 1.54) is 43.5 Å². The molecule has 0 aliphatic rings. The highest BCUT2D eigenvalue weighted by Gasteiger charge is 2.31. The predicted octanol–water partition coefficient (Wildman–Crippen LogP) is 4.67. The highest BCUT2D eigenvalue weighted by Crippen LogP contribution is 2.31. The monoisotopic (exact) mass is 385 g/mol. The first-order valence-corrected chi connectivity index (χ1v) is 9.01. The van der Waals surface area contributed by atoms with Crippen LogP contribution in [0.15, 0.2) is 65.2 Å². The Labute approximate surface area is 150 Å². The maximum absolute atomic E-state index is 13.0. The zero-order valence-electron chi connectivity index (χ0n) is 14.4. The Hall–Kier alpha value is -2.48. The van der Waals surface area contributed by atoms with Crippen LogP contribution in [-0.2, 0) is 10.0 Å². The molecule has 0 unspecified atom stereocenters. The van der Waals surface area contributed by atoms with Gasteiger partial charge in [0.15, 0.2) is 0 Å². The molecule has 2 aromatic carbocycles. The predicted molar refractivity (Wildman–Crippen MR) is 93.6 cm³/mol. The smallest absolute Gasteiger partial charge is 0.411 e. The average molecular weight is 385 g/mol. The fraction of sp³-hybridized carbons (Fsp3) is 0.222. The van der Waals surface area contributed by atoms with Crippen molar-refractivity contribution < 1.29 is 26.3 Å². The van der Waals surface area contributed by atoms with Gasteiger partial charge in [-0.05, 0) is 50.2 Å². The van der Waals surface area contributed by atoms with Crippen molar-refractivity contribution in [1.82, 2.24) is 0 Å². The van der Waals surface area contributed by atoms with Crippen LogP contribution in [0.25, 0.3) is 0 Å². The van der Waals surface area contributed by atoms with Gasteiger partial charge in [-0.3, -0.25) is 0 Å². The molecule has 26 heavy (non-hydrogen) atoms. The van der Waals surface area contributed by atoms with E-state index in [0.717, 1.165) is 12.5 Å². The van der Waals surface area contributed by atoms with Gasteiger partial charge >= 0.3 is 6.18 Å². The van der Waals surface area contributed by atoms with Crippen molar-refractivity contribution in [3.63, 3.8) is 0 Å². The Morgan fingerprint density at radius 1 is 1.04 bits per heavy atom. The topological polar surface area (TPSA) is 46.6 Å². The number of methoxy groups -OCH3 is 1. The number of sulfonamides is 1. The minimum Gasteiger partial charge on any atom is -0.497 e. The van der Waals surface area contributed by atoms with E-state index < -0.39 is 21.9 Å². The molecule has 0 heterocycles. The molecule has 140 valence electrons. The number of rotatable bonds is 5. The molecule has 2 rings (SSSR count). The summed E-state index contributed by atoms with van der Waals surface area (Å²) >= 11 is 0. The molecule has 0 atom stereocenters. The second-order valence-electron chi connectivity index (χ2n) is 5.61. The fourth-order valence-corrected chi connectivity index (χ4v) is 3.88. The Morgan fingerprint density at radius 2 is 1.58 bits per heavy atom. The Bertz CT molecular complexity index is 887. The van der Waals surface area contributed by atoms with Gasteiger partial charge < -0.3 is 4.74 Å². The van der Waals surface area contributed by atoms with E-state index in [1.807, 2.05) is 0 Å². The van der Waals surface area contributed by atoms with Gasteiger partial charge in [0, 0.05) is 11.8 Å². The van der Waals surface area contributed by atoms with E-state index in [-0.39, 0.29) is 16.7 Å². The second kappa shape index (κ2) is 7.41. The zero-order chi connectivity index (χ0) is 19.5. The minimum atomic E-state index is -4.66. The molecule has 0 saturated carbocycles. The van der Waals surface area contributed by atoms with E-state index in [0.29, 0.717) is 10.1 Å². The van der Waals surface area contributed by atoms with Crippen molar-refractivity contribution in [3.8, 4) is 5.75 Å². The minimum absolute atomic E-state index is 0.0387. The average Bonchev–Trinajstić information content (AvgIpc) is 2.54. The number of alkyl halides is 3. The largest absolute Gasteiger partial charge is 0.497 e. The van der Waals surface area contributed by atoms with Crippen molar-refractivity contribution in [2.75, 3.05) is 11.4 Å². The molecule has 4 nitrogen and oxygen atoms in total. The lowest BCUT2D eigenvalue weighted by Crippen LogP contribution is -2.30. The Morgan fingerprint density at radius 3 is 2.04 bits per heavy atom. The number of allylic oxidation sites excluding steroid dienone is 2. The zero-order valence-corrected chi connectivity index (χ0v) is 15.2. The molecule has 2 aromatic rings. The van der Waals surface area contributed by atoms with Gasteiger partial charge in [-0.25, -0.2) is 12.7 Å². The molecule has 0 spiro atoms.